The average molecular weight is 376 g/mol. The molecule has 3 N–H and O–H groups in total. The molecule has 0 spiro atoms. The Kier molecular flexibility index (Phi) is 6.78. The first-order chi connectivity index (χ1) is 12.2. The third-order valence-electron chi connectivity index (χ3n) is 3.84. The van der Waals surface area contributed by atoms with Crippen LogP contribution >= 0.6 is 0 Å². The number of urea groups is 1. The van der Waals surface area contributed by atoms with Crippen LogP contribution in [0.1, 0.15) is 6.42 Å². The molecule has 2 rings (SSSR count). The lowest BCUT2D eigenvalue weighted by Gasteiger charge is -2.18. The summed E-state index contributed by atoms with van der Waals surface area (Å²) in [6, 6.07) is 4.74. The van der Waals surface area contributed by atoms with E-state index in [1.807, 2.05) is 0 Å². The van der Waals surface area contributed by atoms with E-state index in [0.29, 0.717) is 13.0 Å². The first-order valence-electron chi connectivity index (χ1n) is 8.07. The lowest BCUT2D eigenvalue weighted by Crippen LogP contribution is -2.42. The average Bonchev–Trinajstić information content (AvgIpc) is 2.96. The van der Waals surface area contributed by atoms with Crippen molar-refractivity contribution in [3.05, 3.63) is 30.1 Å². The molecule has 0 radical (unpaired) electrons. The van der Waals surface area contributed by atoms with E-state index in [-0.39, 0.29) is 31.2 Å². The molecule has 10 heteroatoms. The van der Waals surface area contributed by atoms with Gasteiger partial charge in [-0.15, -0.1) is 0 Å². The molecule has 6 nitrogen and oxygen atoms in total. The number of carbonyl (C=O) groups is 2. The molecular formula is C16H20F4N4O2. The lowest BCUT2D eigenvalue weighted by atomic mass is 10.1. The number of hydrogen-bond donors (Lipinski definition) is 3. The zero-order chi connectivity index (χ0) is 19.2. The Labute approximate surface area is 147 Å². The second-order valence-electron chi connectivity index (χ2n) is 6.13. The lowest BCUT2D eigenvalue weighted by molar-refractivity contribution is -0.143. The number of amides is 3. The van der Waals surface area contributed by atoms with Gasteiger partial charge in [-0.1, -0.05) is 6.07 Å². The van der Waals surface area contributed by atoms with Crippen LogP contribution in [-0.4, -0.2) is 55.7 Å². The maximum Gasteiger partial charge on any atom is 0.401 e. The summed E-state index contributed by atoms with van der Waals surface area (Å²) in [5, 5.41) is 7.31. The van der Waals surface area contributed by atoms with Gasteiger partial charge in [0.15, 0.2) is 0 Å². The Morgan fingerprint density at radius 3 is 2.69 bits per heavy atom. The smallest absolute Gasteiger partial charge is 0.338 e. The van der Waals surface area contributed by atoms with E-state index in [1.54, 1.807) is 0 Å². The summed E-state index contributed by atoms with van der Waals surface area (Å²) in [5.74, 6) is -1.09. The van der Waals surface area contributed by atoms with Crippen LogP contribution in [0.15, 0.2) is 24.3 Å². The molecule has 1 atom stereocenters. The van der Waals surface area contributed by atoms with Crippen LogP contribution in [0.5, 0.6) is 0 Å². The van der Waals surface area contributed by atoms with Gasteiger partial charge in [0.25, 0.3) is 0 Å². The van der Waals surface area contributed by atoms with Gasteiger partial charge in [-0.3, -0.25) is 9.69 Å². The highest BCUT2D eigenvalue weighted by molar-refractivity contribution is 5.94. The zero-order valence-corrected chi connectivity index (χ0v) is 13.9. The van der Waals surface area contributed by atoms with Gasteiger partial charge in [-0.25, -0.2) is 9.18 Å². The fourth-order valence-corrected chi connectivity index (χ4v) is 2.71. The van der Waals surface area contributed by atoms with Crippen molar-refractivity contribution in [2.75, 3.05) is 38.0 Å². The van der Waals surface area contributed by atoms with Crippen molar-refractivity contribution < 1.29 is 27.2 Å². The first kappa shape index (κ1) is 20.0. The molecule has 1 saturated heterocycles. The van der Waals surface area contributed by atoms with Gasteiger partial charge in [0.05, 0.1) is 13.1 Å². The molecule has 1 fully saturated rings. The van der Waals surface area contributed by atoms with Crippen molar-refractivity contribution in [2.45, 2.75) is 12.6 Å². The topological polar surface area (TPSA) is 73.5 Å². The summed E-state index contributed by atoms with van der Waals surface area (Å²) < 4.78 is 50.0. The molecule has 0 saturated carbocycles. The van der Waals surface area contributed by atoms with Crippen LogP contribution in [0.3, 0.4) is 0 Å². The maximum atomic E-state index is 13.0. The highest BCUT2D eigenvalue weighted by atomic mass is 19.4. The third kappa shape index (κ3) is 7.26. The van der Waals surface area contributed by atoms with Crippen molar-refractivity contribution in [3.63, 3.8) is 0 Å². The van der Waals surface area contributed by atoms with Crippen molar-refractivity contribution in [3.8, 4) is 0 Å². The normalized spacial score (nSPS) is 17.8. The van der Waals surface area contributed by atoms with Crippen molar-refractivity contribution in [2.24, 2.45) is 5.92 Å². The molecule has 0 bridgehead atoms. The Hall–Kier alpha value is -2.36. The van der Waals surface area contributed by atoms with Crippen molar-refractivity contribution >= 4 is 17.6 Å². The van der Waals surface area contributed by atoms with Crippen LogP contribution in [0.25, 0.3) is 0 Å². The molecule has 1 aromatic carbocycles. The number of likely N-dealkylation sites (tertiary alicyclic amines) is 1. The minimum atomic E-state index is -4.23. The number of alkyl halides is 3. The highest BCUT2D eigenvalue weighted by Crippen LogP contribution is 2.22. The second-order valence-corrected chi connectivity index (χ2v) is 6.13. The van der Waals surface area contributed by atoms with Crippen LogP contribution in [0.4, 0.5) is 28.0 Å². The van der Waals surface area contributed by atoms with Crippen LogP contribution < -0.4 is 16.0 Å². The number of hydrogen-bond acceptors (Lipinski definition) is 3. The standard InChI is InChI=1S/C16H20F4N4O2/c17-12-2-1-3-13(6-12)23-14(25)8-22-15(26)21-7-11-4-5-24(9-11)10-16(18,19)20/h1-3,6,11H,4-5,7-10H2,(H,23,25)(H2,21,22,26). The predicted molar refractivity (Wildman–Crippen MR) is 87.0 cm³/mol. The number of carbonyl (C=O) groups excluding carboxylic acids is 2. The first-order valence-corrected chi connectivity index (χ1v) is 8.07. The van der Waals surface area contributed by atoms with Gasteiger partial charge in [0.2, 0.25) is 5.91 Å². The highest BCUT2D eigenvalue weighted by Gasteiger charge is 2.34. The fourth-order valence-electron chi connectivity index (χ4n) is 2.71. The monoisotopic (exact) mass is 376 g/mol. The second kappa shape index (κ2) is 8.84. The molecule has 1 aliphatic rings. The summed E-state index contributed by atoms with van der Waals surface area (Å²) in [6.45, 7) is -0.432. The molecular weight excluding hydrogens is 356 g/mol. The van der Waals surface area contributed by atoms with Crippen LogP contribution in [-0.2, 0) is 4.79 Å². The van der Waals surface area contributed by atoms with E-state index in [1.165, 1.54) is 23.1 Å². The quantitative estimate of drug-likeness (QED) is 0.665. The maximum absolute atomic E-state index is 13.0. The van der Waals surface area contributed by atoms with Crippen molar-refractivity contribution in [1.29, 1.82) is 0 Å². The van der Waals surface area contributed by atoms with Gasteiger partial charge in [0.1, 0.15) is 5.82 Å². The molecule has 3 amide bonds. The fraction of sp³-hybridized carbons (Fsp3) is 0.500. The number of benzene rings is 1. The van der Waals surface area contributed by atoms with E-state index in [4.69, 9.17) is 0 Å². The Morgan fingerprint density at radius 2 is 2.00 bits per heavy atom. The Morgan fingerprint density at radius 1 is 1.23 bits per heavy atom. The third-order valence-corrected chi connectivity index (χ3v) is 3.84. The number of anilines is 1. The molecule has 26 heavy (non-hydrogen) atoms. The molecule has 0 aromatic heterocycles. The number of rotatable bonds is 6. The number of halogens is 4. The van der Waals surface area contributed by atoms with Crippen molar-refractivity contribution in [1.82, 2.24) is 15.5 Å². The van der Waals surface area contributed by atoms with E-state index in [0.717, 1.165) is 6.07 Å². The summed E-state index contributed by atoms with van der Waals surface area (Å²) in [4.78, 5) is 24.6. The molecule has 0 aliphatic carbocycles. The van der Waals surface area contributed by atoms with E-state index in [2.05, 4.69) is 16.0 Å². The van der Waals surface area contributed by atoms with Gasteiger partial charge in [-0.05, 0) is 37.1 Å². The van der Waals surface area contributed by atoms with E-state index >= 15 is 0 Å². The molecule has 1 aromatic rings. The van der Waals surface area contributed by atoms with Gasteiger partial charge in [-0.2, -0.15) is 13.2 Å². The largest absolute Gasteiger partial charge is 0.401 e. The SMILES string of the molecule is O=C(CNC(=O)NCC1CCN(CC(F)(F)F)C1)Nc1cccc(F)c1. The minimum Gasteiger partial charge on any atom is -0.338 e. The summed E-state index contributed by atoms with van der Waals surface area (Å²) in [7, 11) is 0. The Balaban J connectivity index is 1.62. The molecule has 1 unspecified atom stereocenters. The minimum absolute atomic E-state index is 0.0655. The summed E-state index contributed by atoms with van der Waals surface area (Å²) in [6.07, 6.45) is -3.66. The molecule has 144 valence electrons. The summed E-state index contributed by atoms with van der Waals surface area (Å²) >= 11 is 0. The van der Waals surface area contributed by atoms with E-state index < -0.39 is 30.5 Å². The van der Waals surface area contributed by atoms with E-state index in [9.17, 15) is 27.2 Å². The zero-order valence-electron chi connectivity index (χ0n) is 13.9. The summed E-state index contributed by atoms with van der Waals surface area (Å²) in [5.41, 5.74) is 0.271. The van der Waals surface area contributed by atoms with Crippen LogP contribution in [0, 0.1) is 11.7 Å². The van der Waals surface area contributed by atoms with Gasteiger partial charge in [0, 0.05) is 18.8 Å². The van der Waals surface area contributed by atoms with Gasteiger partial charge < -0.3 is 16.0 Å². The molecule has 1 aliphatic heterocycles. The number of nitrogens with zero attached hydrogens (tertiary/aromatic N) is 1. The Bertz CT molecular complexity index is 639. The predicted octanol–water partition coefficient (Wildman–Crippen LogP) is 1.95. The molecule has 1 heterocycles. The number of nitrogens with one attached hydrogen (secondary N) is 3. The van der Waals surface area contributed by atoms with Crippen LogP contribution in [0.2, 0.25) is 0 Å². The van der Waals surface area contributed by atoms with Gasteiger partial charge >= 0.3 is 12.2 Å².